The molecule has 2 N–H and O–H groups in total. The Balaban J connectivity index is 2.26. The topological polar surface area (TPSA) is 27.8 Å². The van der Waals surface area contributed by atoms with Gasteiger partial charge in [-0.05, 0) is 31.9 Å². The van der Waals surface area contributed by atoms with E-state index >= 15 is 0 Å². The fraction of sp³-hybridized carbons (Fsp3) is 0.467. The van der Waals surface area contributed by atoms with E-state index in [1.807, 2.05) is 0 Å². The summed E-state index contributed by atoms with van der Waals surface area (Å²) in [7, 11) is 0. The third-order valence-corrected chi connectivity index (χ3v) is 3.16. The summed E-state index contributed by atoms with van der Waals surface area (Å²) in [6, 6.07) is 9.59. The average molecular weight is 230 g/mol. The molecule has 0 spiro atoms. The van der Waals surface area contributed by atoms with E-state index in [4.69, 9.17) is 0 Å². The summed E-state index contributed by atoms with van der Waals surface area (Å²) in [6.45, 7) is 8.80. The second kappa shape index (κ2) is 4.92. The highest BCUT2D eigenvalue weighted by Gasteiger charge is 2.11. The van der Waals surface area contributed by atoms with Gasteiger partial charge in [-0.1, -0.05) is 32.0 Å². The second-order valence-corrected chi connectivity index (χ2v) is 5.20. The molecule has 1 heterocycles. The maximum absolute atomic E-state index is 3.56. The van der Waals surface area contributed by atoms with Gasteiger partial charge in [0, 0.05) is 28.7 Å². The number of rotatable bonds is 4. The number of benzene rings is 1. The minimum absolute atomic E-state index is 0.507. The van der Waals surface area contributed by atoms with Crippen molar-refractivity contribution in [2.45, 2.75) is 46.2 Å². The molecule has 1 atom stereocenters. The molecule has 2 rings (SSSR count). The maximum atomic E-state index is 3.56. The van der Waals surface area contributed by atoms with Gasteiger partial charge in [-0.2, -0.15) is 0 Å². The lowest BCUT2D eigenvalue weighted by atomic mass is 10.0. The zero-order valence-electron chi connectivity index (χ0n) is 11.2. The number of H-pyrrole nitrogens is 1. The van der Waals surface area contributed by atoms with Crippen molar-refractivity contribution in [3.63, 3.8) is 0 Å². The van der Waals surface area contributed by atoms with Gasteiger partial charge < -0.3 is 10.3 Å². The van der Waals surface area contributed by atoms with Gasteiger partial charge in [-0.25, -0.2) is 0 Å². The van der Waals surface area contributed by atoms with Crippen LogP contribution in [0.1, 0.15) is 32.0 Å². The molecule has 2 aromatic rings. The molecule has 0 saturated heterocycles. The summed E-state index contributed by atoms with van der Waals surface area (Å²) >= 11 is 0. The van der Waals surface area contributed by atoms with E-state index in [0.29, 0.717) is 12.1 Å². The maximum Gasteiger partial charge on any atom is 0.0458 e. The van der Waals surface area contributed by atoms with Gasteiger partial charge in [-0.15, -0.1) is 0 Å². The molecule has 17 heavy (non-hydrogen) atoms. The van der Waals surface area contributed by atoms with Crippen LogP contribution in [0.2, 0.25) is 0 Å². The molecule has 92 valence electrons. The molecular formula is C15H22N2. The minimum atomic E-state index is 0.507. The van der Waals surface area contributed by atoms with Crippen LogP contribution >= 0.6 is 0 Å². The Kier molecular flexibility index (Phi) is 3.53. The molecule has 0 fully saturated rings. The quantitative estimate of drug-likeness (QED) is 0.827. The van der Waals surface area contributed by atoms with Crippen LogP contribution in [0.4, 0.5) is 0 Å². The number of hydrogen-bond acceptors (Lipinski definition) is 1. The van der Waals surface area contributed by atoms with E-state index < -0.39 is 0 Å². The molecular weight excluding hydrogens is 208 g/mol. The third-order valence-electron chi connectivity index (χ3n) is 3.16. The molecule has 0 saturated carbocycles. The molecule has 0 aliphatic heterocycles. The summed E-state index contributed by atoms with van der Waals surface area (Å²) in [5, 5.41) is 4.92. The summed E-state index contributed by atoms with van der Waals surface area (Å²) in [5.41, 5.74) is 3.99. The average Bonchev–Trinajstić information content (AvgIpc) is 2.55. The Hall–Kier alpha value is -1.28. The predicted octanol–water partition coefficient (Wildman–Crippen LogP) is 3.41. The molecule has 0 aliphatic rings. The van der Waals surface area contributed by atoms with E-state index in [1.165, 1.54) is 22.2 Å². The lowest BCUT2D eigenvalue weighted by Crippen LogP contribution is -2.33. The second-order valence-electron chi connectivity index (χ2n) is 5.20. The highest BCUT2D eigenvalue weighted by molar-refractivity contribution is 5.84. The standard InChI is InChI=1S/C15H22N2/c1-10(2)16-11(3)9-14-12(4)17-15-8-6-5-7-13(14)15/h5-8,10-11,16-17H,9H2,1-4H3. The van der Waals surface area contributed by atoms with Crippen molar-refractivity contribution in [2.75, 3.05) is 0 Å². The Morgan fingerprint density at radius 3 is 2.59 bits per heavy atom. The van der Waals surface area contributed by atoms with E-state index in [-0.39, 0.29) is 0 Å². The first-order valence-corrected chi connectivity index (χ1v) is 6.40. The van der Waals surface area contributed by atoms with Gasteiger partial charge in [0.2, 0.25) is 0 Å². The number of fused-ring (bicyclic) bond motifs is 1. The van der Waals surface area contributed by atoms with E-state index in [9.17, 15) is 0 Å². The SMILES string of the molecule is Cc1[nH]c2ccccc2c1CC(C)NC(C)C. The number of para-hydroxylation sites is 1. The Morgan fingerprint density at radius 1 is 1.18 bits per heavy atom. The number of aromatic nitrogens is 1. The lowest BCUT2D eigenvalue weighted by molar-refractivity contribution is 0.488. The third kappa shape index (κ3) is 2.70. The number of nitrogens with one attached hydrogen (secondary N) is 2. The molecule has 0 aliphatic carbocycles. The van der Waals surface area contributed by atoms with Gasteiger partial charge in [-0.3, -0.25) is 0 Å². The van der Waals surface area contributed by atoms with Crippen LogP contribution in [-0.4, -0.2) is 17.1 Å². The molecule has 0 bridgehead atoms. The van der Waals surface area contributed by atoms with Crippen LogP contribution in [0.5, 0.6) is 0 Å². The van der Waals surface area contributed by atoms with Crippen LogP contribution in [0.25, 0.3) is 10.9 Å². The molecule has 1 aromatic heterocycles. The smallest absolute Gasteiger partial charge is 0.0458 e. The van der Waals surface area contributed by atoms with Crippen molar-refractivity contribution in [2.24, 2.45) is 0 Å². The van der Waals surface area contributed by atoms with Gasteiger partial charge in [0.15, 0.2) is 0 Å². The van der Waals surface area contributed by atoms with Crippen LogP contribution in [0.3, 0.4) is 0 Å². The first kappa shape index (κ1) is 12.2. The summed E-state index contributed by atoms with van der Waals surface area (Å²) < 4.78 is 0. The number of aromatic amines is 1. The first-order chi connectivity index (χ1) is 8.08. The van der Waals surface area contributed by atoms with E-state index in [1.54, 1.807) is 0 Å². The van der Waals surface area contributed by atoms with Gasteiger partial charge in [0.05, 0.1) is 0 Å². The number of hydrogen-bond donors (Lipinski definition) is 2. The summed E-state index contributed by atoms with van der Waals surface area (Å²) in [6.07, 6.45) is 1.08. The molecule has 1 aromatic carbocycles. The van der Waals surface area contributed by atoms with Crippen molar-refractivity contribution in [1.82, 2.24) is 10.3 Å². The van der Waals surface area contributed by atoms with E-state index in [0.717, 1.165) is 6.42 Å². The zero-order valence-corrected chi connectivity index (χ0v) is 11.2. The van der Waals surface area contributed by atoms with Crippen molar-refractivity contribution in [3.05, 3.63) is 35.5 Å². The Bertz CT molecular complexity index is 497. The Morgan fingerprint density at radius 2 is 1.88 bits per heavy atom. The van der Waals surface area contributed by atoms with Gasteiger partial charge in [0.25, 0.3) is 0 Å². The normalized spacial score (nSPS) is 13.5. The highest BCUT2D eigenvalue weighted by atomic mass is 14.9. The number of aryl methyl sites for hydroxylation is 1. The minimum Gasteiger partial charge on any atom is -0.358 e. The highest BCUT2D eigenvalue weighted by Crippen LogP contribution is 2.23. The van der Waals surface area contributed by atoms with Crippen LogP contribution in [0.15, 0.2) is 24.3 Å². The van der Waals surface area contributed by atoms with Crippen molar-refractivity contribution in [3.8, 4) is 0 Å². The molecule has 1 unspecified atom stereocenters. The zero-order chi connectivity index (χ0) is 12.4. The van der Waals surface area contributed by atoms with Crippen molar-refractivity contribution >= 4 is 10.9 Å². The molecule has 0 amide bonds. The molecule has 0 radical (unpaired) electrons. The largest absolute Gasteiger partial charge is 0.358 e. The van der Waals surface area contributed by atoms with Crippen LogP contribution in [-0.2, 0) is 6.42 Å². The van der Waals surface area contributed by atoms with Gasteiger partial charge in [0.1, 0.15) is 0 Å². The summed E-state index contributed by atoms with van der Waals surface area (Å²) in [5.74, 6) is 0. The lowest BCUT2D eigenvalue weighted by Gasteiger charge is -2.16. The first-order valence-electron chi connectivity index (χ1n) is 6.40. The molecule has 2 heteroatoms. The summed E-state index contributed by atoms with van der Waals surface area (Å²) in [4.78, 5) is 3.46. The van der Waals surface area contributed by atoms with E-state index in [2.05, 4.69) is 62.3 Å². The van der Waals surface area contributed by atoms with Crippen LogP contribution < -0.4 is 5.32 Å². The predicted molar refractivity (Wildman–Crippen MR) is 74.5 cm³/mol. The fourth-order valence-corrected chi connectivity index (χ4v) is 2.53. The van der Waals surface area contributed by atoms with Crippen molar-refractivity contribution in [1.29, 1.82) is 0 Å². The van der Waals surface area contributed by atoms with Gasteiger partial charge >= 0.3 is 0 Å². The van der Waals surface area contributed by atoms with Crippen molar-refractivity contribution < 1.29 is 0 Å². The molecule has 2 nitrogen and oxygen atoms in total. The monoisotopic (exact) mass is 230 g/mol. The fourth-order valence-electron chi connectivity index (χ4n) is 2.53. The van der Waals surface area contributed by atoms with Crippen LogP contribution in [0, 0.1) is 6.92 Å². The Labute approximate surface area is 103 Å².